The van der Waals surface area contributed by atoms with E-state index in [4.69, 9.17) is 4.42 Å². The maximum Gasteiger partial charge on any atom is 0.137 e. The molecule has 11 aromatic rings. The van der Waals surface area contributed by atoms with E-state index in [2.05, 4.69) is 205 Å². The molecule has 0 aliphatic rings. The van der Waals surface area contributed by atoms with Crippen LogP contribution in [-0.2, 0) is 0 Å². The number of para-hydroxylation sites is 1. The summed E-state index contributed by atoms with van der Waals surface area (Å²) in [5.74, 6) is 0. The zero-order valence-electron chi connectivity index (χ0n) is 29.4. The molecule has 0 saturated heterocycles. The number of benzene rings is 10. The molecule has 0 unspecified atom stereocenters. The lowest BCUT2D eigenvalue weighted by Gasteiger charge is -2.29. The van der Waals surface area contributed by atoms with Crippen LogP contribution in [0, 0.1) is 0 Å². The zero-order chi connectivity index (χ0) is 35.6. The maximum absolute atomic E-state index is 6.59. The van der Waals surface area contributed by atoms with Crippen LogP contribution in [0.4, 0.5) is 17.1 Å². The molecule has 0 spiro atoms. The lowest BCUT2D eigenvalue weighted by atomic mass is 9.90. The van der Waals surface area contributed by atoms with Gasteiger partial charge in [-0.05, 0) is 102 Å². The molecule has 2 nitrogen and oxygen atoms in total. The number of furan rings is 1. The van der Waals surface area contributed by atoms with Crippen molar-refractivity contribution in [1.29, 1.82) is 0 Å². The number of fused-ring (bicyclic) bond motifs is 10. The molecule has 0 radical (unpaired) electrons. The Morgan fingerprint density at radius 2 is 0.889 bits per heavy atom. The molecule has 10 aromatic carbocycles. The highest BCUT2D eigenvalue weighted by Crippen LogP contribution is 2.48. The van der Waals surface area contributed by atoms with Crippen molar-refractivity contribution in [2.24, 2.45) is 0 Å². The van der Waals surface area contributed by atoms with Crippen LogP contribution in [0.1, 0.15) is 0 Å². The summed E-state index contributed by atoms with van der Waals surface area (Å²) < 4.78 is 6.59. The molecule has 2 heteroatoms. The maximum atomic E-state index is 6.59. The van der Waals surface area contributed by atoms with Gasteiger partial charge in [0.1, 0.15) is 11.2 Å². The van der Waals surface area contributed by atoms with E-state index in [9.17, 15) is 0 Å². The molecule has 252 valence electrons. The van der Waals surface area contributed by atoms with Gasteiger partial charge in [-0.15, -0.1) is 0 Å². The van der Waals surface area contributed by atoms with E-state index in [0.29, 0.717) is 0 Å². The largest absolute Gasteiger partial charge is 0.456 e. The Morgan fingerprint density at radius 3 is 1.69 bits per heavy atom. The second-order valence-corrected chi connectivity index (χ2v) is 14.0. The second-order valence-electron chi connectivity index (χ2n) is 14.0. The molecule has 0 aliphatic heterocycles. The lowest BCUT2D eigenvalue weighted by Crippen LogP contribution is -2.11. The quantitative estimate of drug-likeness (QED) is 0.168. The third-order valence-corrected chi connectivity index (χ3v) is 11.0. The average Bonchev–Trinajstić information content (AvgIpc) is 3.64. The Kier molecular flexibility index (Phi) is 6.90. The Labute approximate surface area is 312 Å². The van der Waals surface area contributed by atoms with Gasteiger partial charge in [0.2, 0.25) is 0 Å². The van der Waals surface area contributed by atoms with Crippen molar-refractivity contribution in [1.82, 2.24) is 0 Å². The van der Waals surface area contributed by atoms with E-state index >= 15 is 0 Å². The molecule has 0 amide bonds. The number of hydrogen-bond acceptors (Lipinski definition) is 2. The predicted octanol–water partition coefficient (Wildman–Crippen LogP) is 15.0. The van der Waals surface area contributed by atoms with Crippen molar-refractivity contribution in [2.75, 3.05) is 4.90 Å². The first kappa shape index (κ1) is 30.5. The summed E-state index contributed by atoms with van der Waals surface area (Å²) in [4.78, 5) is 2.41. The Bertz CT molecular complexity index is 3210. The van der Waals surface area contributed by atoms with Gasteiger partial charge >= 0.3 is 0 Å². The highest BCUT2D eigenvalue weighted by molar-refractivity contribution is 6.24. The fraction of sp³-hybridized carbons (Fsp3) is 0. The summed E-state index contributed by atoms with van der Waals surface area (Å²) in [5, 5.41) is 12.2. The van der Waals surface area contributed by atoms with E-state index in [1.54, 1.807) is 0 Å². The van der Waals surface area contributed by atoms with Crippen LogP contribution in [0.5, 0.6) is 0 Å². The summed E-state index contributed by atoms with van der Waals surface area (Å²) in [6.45, 7) is 0. The molecule has 1 heterocycles. The van der Waals surface area contributed by atoms with E-state index in [1.807, 2.05) is 0 Å². The van der Waals surface area contributed by atoms with Crippen molar-refractivity contribution in [3.63, 3.8) is 0 Å². The molecule has 54 heavy (non-hydrogen) atoms. The lowest BCUT2D eigenvalue weighted by molar-refractivity contribution is 0.669. The van der Waals surface area contributed by atoms with Crippen LogP contribution in [-0.4, -0.2) is 0 Å². The van der Waals surface area contributed by atoms with Crippen molar-refractivity contribution in [3.8, 4) is 22.3 Å². The molecule has 0 atom stereocenters. The number of nitrogens with zero attached hydrogens (tertiary/aromatic N) is 1. The van der Waals surface area contributed by atoms with E-state index in [0.717, 1.165) is 44.6 Å². The van der Waals surface area contributed by atoms with Gasteiger partial charge in [-0.2, -0.15) is 0 Å². The first-order valence-corrected chi connectivity index (χ1v) is 18.5. The first-order chi connectivity index (χ1) is 26.8. The van der Waals surface area contributed by atoms with Crippen LogP contribution in [0.15, 0.2) is 205 Å². The van der Waals surface area contributed by atoms with E-state index in [-0.39, 0.29) is 0 Å². The van der Waals surface area contributed by atoms with Crippen molar-refractivity contribution in [2.45, 2.75) is 0 Å². The highest BCUT2D eigenvalue weighted by atomic mass is 16.3. The van der Waals surface area contributed by atoms with Crippen LogP contribution in [0.3, 0.4) is 0 Å². The smallest absolute Gasteiger partial charge is 0.137 e. The van der Waals surface area contributed by atoms with Gasteiger partial charge in [-0.3, -0.25) is 0 Å². The highest BCUT2D eigenvalue weighted by Gasteiger charge is 2.23. The Hall–Kier alpha value is -7.16. The molecule has 0 saturated carbocycles. The van der Waals surface area contributed by atoms with Gasteiger partial charge < -0.3 is 9.32 Å². The fourth-order valence-electron chi connectivity index (χ4n) is 8.60. The summed E-state index contributed by atoms with van der Waals surface area (Å²) in [6.07, 6.45) is 0. The minimum Gasteiger partial charge on any atom is -0.456 e. The van der Waals surface area contributed by atoms with E-state index in [1.165, 1.54) is 59.8 Å². The second kappa shape index (κ2) is 12.2. The summed E-state index contributed by atoms with van der Waals surface area (Å²) in [5.41, 5.74) is 9.73. The predicted molar refractivity (Wildman–Crippen MR) is 229 cm³/mol. The summed E-state index contributed by atoms with van der Waals surface area (Å²) in [6, 6.07) is 72.2. The van der Waals surface area contributed by atoms with E-state index < -0.39 is 0 Å². The SMILES string of the molecule is c1ccc(-c2ccccc2N(c2ccc(-c3cc4ccc5ccccc5c4c4ccccc34)cc2)c2cccc3oc4ccc5ccccc5c4c23)cc1. The summed E-state index contributed by atoms with van der Waals surface area (Å²) in [7, 11) is 0. The van der Waals surface area contributed by atoms with Crippen LogP contribution >= 0.6 is 0 Å². The van der Waals surface area contributed by atoms with Crippen LogP contribution < -0.4 is 4.90 Å². The summed E-state index contributed by atoms with van der Waals surface area (Å²) >= 11 is 0. The van der Waals surface area contributed by atoms with Gasteiger partial charge in [0.05, 0.1) is 16.8 Å². The third kappa shape index (κ3) is 4.74. The molecular weight excluding hydrogens is 655 g/mol. The number of rotatable bonds is 5. The van der Waals surface area contributed by atoms with Crippen molar-refractivity contribution in [3.05, 3.63) is 200 Å². The van der Waals surface area contributed by atoms with Crippen LogP contribution in [0.2, 0.25) is 0 Å². The monoisotopic (exact) mass is 687 g/mol. The normalized spacial score (nSPS) is 11.7. The molecule has 1 aromatic heterocycles. The number of hydrogen-bond donors (Lipinski definition) is 0. The first-order valence-electron chi connectivity index (χ1n) is 18.5. The minimum absolute atomic E-state index is 0.868. The molecule has 0 aliphatic carbocycles. The third-order valence-electron chi connectivity index (χ3n) is 11.0. The molecule has 0 fully saturated rings. The van der Waals surface area contributed by atoms with Gasteiger partial charge in [0, 0.05) is 16.6 Å². The molecule has 11 rings (SSSR count). The molecule has 0 bridgehead atoms. The van der Waals surface area contributed by atoms with Gasteiger partial charge in [-0.1, -0.05) is 158 Å². The zero-order valence-corrected chi connectivity index (χ0v) is 29.4. The van der Waals surface area contributed by atoms with Crippen molar-refractivity contribution >= 4 is 82.1 Å². The van der Waals surface area contributed by atoms with Gasteiger partial charge in [-0.25, -0.2) is 0 Å². The Balaban J connectivity index is 1.15. The standard InChI is InChI=1S/C52H33NO/c1-2-13-34(14-3-1)40-17-10-11-22-46(40)53(47-23-12-24-48-52(47)51-42-19-7-5-16-36(42)29-32-49(51)54-48)39-30-27-37(28-31-39)45-33-38-26-25-35-15-4-6-18-41(35)50(38)44-21-9-8-20-43(44)45/h1-33H. The van der Waals surface area contributed by atoms with Gasteiger partial charge in [0.15, 0.2) is 0 Å². The average molecular weight is 688 g/mol. The topological polar surface area (TPSA) is 16.4 Å². The Morgan fingerprint density at radius 1 is 0.315 bits per heavy atom. The molecule has 0 N–H and O–H groups in total. The number of anilines is 3. The fourth-order valence-corrected chi connectivity index (χ4v) is 8.60. The minimum atomic E-state index is 0.868. The van der Waals surface area contributed by atoms with Crippen molar-refractivity contribution < 1.29 is 4.42 Å². The molecular formula is C52H33NO. The van der Waals surface area contributed by atoms with Gasteiger partial charge in [0.25, 0.3) is 0 Å². The van der Waals surface area contributed by atoms with Crippen LogP contribution in [0.25, 0.3) is 87.3 Å².